The topological polar surface area (TPSA) is 32.3 Å². The van der Waals surface area contributed by atoms with Crippen molar-refractivity contribution >= 4 is 17.2 Å². The highest BCUT2D eigenvalue weighted by molar-refractivity contribution is 7.09. The quantitative estimate of drug-likeness (QED) is 0.807. The van der Waals surface area contributed by atoms with Crippen molar-refractivity contribution in [1.29, 1.82) is 0 Å². The van der Waals surface area contributed by atoms with E-state index in [-0.39, 0.29) is 11.8 Å². The van der Waals surface area contributed by atoms with Crippen LogP contribution in [0.1, 0.15) is 18.2 Å². The SMILES string of the molecule is CCC(CNC)C(=O)N(C)CCc1cccs1. The molecule has 0 fully saturated rings. The van der Waals surface area contributed by atoms with Crippen LogP contribution in [0.4, 0.5) is 0 Å². The van der Waals surface area contributed by atoms with E-state index in [4.69, 9.17) is 0 Å². The first-order chi connectivity index (χ1) is 8.19. The third-order valence-corrected chi connectivity index (χ3v) is 3.88. The molecule has 0 saturated heterocycles. The lowest BCUT2D eigenvalue weighted by atomic mass is 10.1. The standard InChI is InChI=1S/C13H22N2OS/c1-4-11(10-14-2)13(16)15(3)8-7-12-6-5-9-17-12/h5-6,9,11,14H,4,7-8,10H2,1-3H3. The molecule has 1 heterocycles. The fourth-order valence-electron chi connectivity index (χ4n) is 1.81. The molecule has 1 amide bonds. The van der Waals surface area contributed by atoms with Crippen LogP contribution in [0.5, 0.6) is 0 Å². The molecule has 1 aromatic heterocycles. The molecule has 0 radical (unpaired) electrons. The first-order valence-electron chi connectivity index (χ1n) is 6.11. The van der Waals surface area contributed by atoms with Gasteiger partial charge in [-0.1, -0.05) is 13.0 Å². The lowest BCUT2D eigenvalue weighted by Crippen LogP contribution is -2.38. The highest BCUT2D eigenvalue weighted by atomic mass is 32.1. The van der Waals surface area contributed by atoms with Crippen molar-refractivity contribution in [3.05, 3.63) is 22.4 Å². The summed E-state index contributed by atoms with van der Waals surface area (Å²) in [6.45, 7) is 3.63. The first kappa shape index (κ1) is 14.2. The van der Waals surface area contributed by atoms with Crippen LogP contribution in [0.25, 0.3) is 0 Å². The number of carbonyl (C=O) groups is 1. The zero-order chi connectivity index (χ0) is 12.7. The Morgan fingerprint density at radius 3 is 2.88 bits per heavy atom. The Morgan fingerprint density at radius 1 is 1.59 bits per heavy atom. The molecule has 1 N–H and O–H groups in total. The van der Waals surface area contributed by atoms with Gasteiger partial charge in [0.05, 0.1) is 5.92 Å². The third kappa shape index (κ3) is 4.48. The minimum atomic E-state index is 0.105. The molecule has 17 heavy (non-hydrogen) atoms. The first-order valence-corrected chi connectivity index (χ1v) is 6.99. The number of likely N-dealkylation sites (N-methyl/N-ethyl adjacent to an activating group) is 1. The molecule has 0 spiro atoms. The van der Waals surface area contributed by atoms with Crippen LogP contribution >= 0.6 is 11.3 Å². The van der Waals surface area contributed by atoms with Gasteiger partial charge in [0.2, 0.25) is 5.91 Å². The normalized spacial score (nSPS) is 12.4. The van der Waals surface area contributed by atoms with Crippen LogP contribution in [-0.4, -0.2) is 38.0 Å². The monoisotopic (exact) mass is 254 g/mol. The molecule has 3 nitrogen and oxygen atoms in total. The van der Waals surface area contributed by atoms with Crippen molar-refractivity contribution < 1.29 is 4.79 Å². The molecule has 1 aromatic rings. The number of hydrogen-bond acceptors (Lipinski definition) is 3. The summed E-state index contributed by atoms with van der Waals surface area (Å²) in [6.07, 6.45) is 1.85. The lowest BCUT2D eigenvalue weighted by molar-refractivity contribution is -0.134. The van der Waals surface area contributed by atoms with Gasteiger partial charge >= 0.3 is 0 Å². The summed E-state index contributed by atoms with van der Waals surface area (Å²) < 4.78 is 0. The molecule has 0 aliphatic carbocycles. The second-order valence-corrected chi connectivity index (χ2v) is 5.28. The van der Waals surface area contributed by atoms with E-state index in [2.05, 4.69) is 29.8 Å². The summed E-state index contributed by atoms with van der Waals surface area (Å²) in [6, 6.07) is 4.17. The predicted octanol–water partition coefficient (Wildman–Crippen LogP) is 1.99. The fourth-order valence-corrected chi connectivity index (χ4v) is 2.51. The highest BCUT2D eigenvalue weighted by Gasteiger charge is 2.19. The molecular formula is C13H22N2OS. The number of thiophene rings is 1. The fraction of sp³-hybridized carbons (Fsp3) is 0.615. The van der Waals surface area contributed by atoms with Crippen LogP contribution in [0.2, 0.25) is 0 Å². The smallest absolute Gasteiger partial charge is 0.226 e. The second kappa shape index (κ2) is 7.45. The zero-order valence-electron chi connectivity index (χ0n) is 10.9. The zero-order valence-corrected chi connectivity index (χ0v) is 11.7. The van der Waals surface area contributed by atoms with Crippen molar-refractivity contribution in [3.8, 4) is 0 Å². The minimum Gasteiger partial charge on any atom is -0.345 e. The van der Waals surface area contributed by atoms with Crippen molar-refractivity contribution in [2.75, 3.05) is 27.2 Å². The Kier molecular flexibility index (Phi) is 6.22. The molecule has 4 heteroatoms. The van der Waals surface area contributed by atoms with Crippen LogP contribution in [0.3, 0.4) is 0 Å². The largest absolute Gasteiger partial charge is 0.345 e. The van der Waals surface area contributed by atoms with Gasteiger partial charge < -0.3 is 10.2 Å². The maximum Gasteiger partial charge on any atom is 0.226 e. The van der Waals surface area contributed by atoms with Crippen molar-refractivity contribution in [3.63, 3.8) is 0 Å². The molecule has 96 valence electrons. The van der Waals surface area contributed by atoms with Crippen LogP contribution in [-0.2, 0) is 11.2 Å². The molecule has 0 aliphatic rings. The van der Waals surface area contributed by atoms with E-state index in [1.807, 2.05) is 19.0 Å². The minimum absolute atomic E-state index is 0.105. The van der Waals surface area contributed by atoms with Gasteiger partial charge in [0, 0.05) is 25.0 Å². The summed E-state index contributed by atoms with van der Waals surface area (Å²) in [5.74, 6) is 0.353. The molecule has 1 rings (SSSR count). The van der Waals surface area contributed by atoms with Crippen LogP contribution in [0.15, 0.2) is 17.5 Å². The third-order valence-electron chi connectivity index (χ3n) is 2.94. The number of carbonyl (C=O) groups excluding carboxylic acids is 1. The van der Waals surface area contributed by atoms with E-state index in [9.17, 15) is 4.79 Å². The number of nitrogens with zero attached hydrogens (tertiary/aromatic N) is 1. The van der Waals surface area contributed by atoms with E-state index in [0.717, 1.165) is 25.9 Å². The summed E-state index contributed by atoms with van der Waals surface area (Å²) >= 11 is 1.75. The molecule has 0 aromatic carbocycles. The maximum absolute atomic E-state index is 12.1. The van der Waals surface area contributed by atoms with E-state index in [1.165, 1.54) is 4.88 Å². The van der Waals surface area contributed by atoms with Gasteiger partial charge in [-0.05, 0) is 31.3 Å². The Labute approximate surface area is 108 Å². The average molecular weight is 254 g/mol. The molecular weight excluding hydrogens is 232 g/mol. The lowest BCUT2D eigenvalue weighted by Gasteiger charge is -2.22. The van der Waals surface area contributed by atoms with Crippen molar-refractivity contribution in [2.45, 2.75) is 19.8 Å². The van der Waals surface area contributed by atoms with Crippen molar-refractivity contribution in [1.82, 2.24) is 10.2 Å². The molecule has 0 saturated carbocycles. The summed E-state index contributed by atoms with van der Waals surface area (Å²) in [7, 11) is 3.79. The Morgan fingerprint density at radius 2 is 2.35 bits per heavy atom. The maximum atomic E-state index is 12.1. The van der Waals surface area contributed by atoms with E-state index in [0.29, 0.717) is 0 Å². The molecule has 1 atom stereocenters. The van der Waals surface area contributed by atoms with E-state index >= 15 is 0 Å². The molecule has 1 unspecified atom stereocenters. The molecule has 0 aliphatic heterocycles. The number of rotatable bonds is 7. The van der Waals surface area contributed by atoms with Gasteiger partial charge in [-0.15, -0.1) is 11.3 Å². The van der Waals surface area contributed by atoms with Gasteiger partial charge in [-0.2, -0.15) is 0 Å². The number of hydrogen-bond donors (Lipinski definition) is 1. The second-order valence-electron chi connectivity index (χ2n) is 4.25. The van der Waals surface area contributed by atoms with Crippen LogP contribution in [0, 0.1) is 5.92 Å². The van der Waals surface area contributed by atoms with E-state index < -0.39 is 0 Å². The number of nitrogens with one attached hydrogen (secondary N) is 1. The Hall–Kier alpha value is -0.870. The van der Waals surface area contributed by atoms with Crippen molar-refractivity contribution in [2.24, 2.45) is 5.92 Å². The highest BCUT2D eigenvalue weighted by Crippen LogP contribution is 2.11. The van der Waals surface area contributed by atoms with Gasteiger partial charge in [-0.3, -0.25) is 4.79 Å². The van der Waals surface area contributed by atoms with Gasteiger partial charge in [-0.25, -0.2) is 0 Å². The Balaban J connectivity index is 2.40. The van der Waals surface area contributed by atoms with Gasteiger partial charge in [0.25, 0.3) is 0 Å². The summed E-state index contributed by atoms with van der Waals surface area (Å²) in [5.41, 5.74) is 0. The van der Waals surface area contributed by atoms with Gasteiger partial charge in [0.1, 0.15) is 0 Å². The van der Waals surface area contributed by atoms with Gasteiger partial charge in [0.15, 0.2) is 0 Å². The Bertz CT molecular complexity index is 324. The predicted molar refractivity (Wildman–Crippen MR) is 73.4 cm³/mol. The summed E-state index contributed by atoms with van der Waals surface area (Å²) in [5, 5.41) is 5.16. The summed E-state index contributed by atoms with van der Waals surface area (Å²) in [4.78, 5) is 15.3. The van der Waals surface area contributed by atoms with E-state index in [1.54, 1.807) is 11.3 Å². The number of amides is 1. The van der Waals surface area contributed by atoms with Crippen LogP contribution < -0.4 is 5.32 Å². The average Bonchev–Trinajstić information content (AvgIpc) is 2.85. The molecule has 0 bridgehead atoms.